The molecular formula is C58H117NO8P+. The fourth-order valence-electron chi connectivity index (χ4n) is 9.02. The van der Waals surface area contributed by atoms with Crippen LogP contribution >= 0.6 is 7.82 Å². The Bertz CT molecular complexity index is 1120. The first-order valence-electron chi connectivity index (χ1n) is 29.8. The van der Waals surface area contributed by atoms with Gasteiger partial charge in [0.1, 0.15) is 19.8 Å². The predicted molar refractivity (Wildman–Crippen MR) is 289 cm³/mol. The molecule has 0 saturated heterocycles. The summed E-state index contributed by atoms with van der Waals surface area (Å²) < 4.78 is 34.5. The normalized spacial score (nSPS) is 13.2. The first-order chi connectivity index (χ1) is 33.0. The summed E-state index contributed by atoms with van der Waals surface area (Å²) in [6.07, 6.45) is 57.6. The molecule has 0 aromatic rings. The van der Waals surface area contributed by atoms with Gasteiger partial charge in [-0.05, 0) is 12.8 Å². The minimum atomic E-state index is -4.37. The van der Waals surface area contributed by atoms with Gasteiger partial charge in [0, 0.05) is 12.8 Å². The molecule has 2 atom stereocenters. The van der Waals surface area contributed by atoms with Gasteiger partial charge < -0.3 is 18.9 Å². The van der Waals surface area contributed by atoms with E-state index in [1.807, 2.05) is 21.1 Å². The molecular weight excluding hydrogens is 870 g/mol. The van der Waals surface area contributed by atoms with Crippen molar-refractivity contribution in [1.82, 2.24) is 0 Å². The van der Waals surface area contributed by atoms with Crippen molar-refractivity contribution >= 4 is 19.8 Å². The number of hydrogen-bond donors (Lipinski definition) is 1. The molecule has 0 amide bonds. The number of esters is 2. The van der Waals surface area contributed by atoms with Gasteiger partial charge in [-0.25, -0.2) is 4.57 Å². The average molecular weight is 988 g/mol. The number of rotatable bonds is 56. The van der Waals surface area contributed by atoms with Gasteiger partial charge in [0.2, 0.25) is 0 Å². The highest BCUT2D eigenvalue weighted by Gasteiger charge is 2.27. The second-order valence-corrected chi connectivity index (χ2v) is 23.2. The maximum Gasteiger partial charge on any atom is 0.472 e. The fourth-order valence-corrected chi connectivity index (χ4v) is 9.76. The van der Waals surface area contributed by atoms with Gasteiger partial charge >= 0.3 is 19.8 Å². The van der Waals surface area contributed by atoms with Crippen molar-refractivity contribution in [2.75, 3.05) is 47.5 Å². The number of hydrogen-bond acceptors (Lipinski definition) is 7. The van der Waals surface area contributed by atoms with Crippen LogP contribution in [0.5, 0.6) is 0 Å². The van der Waals surface area contributed by atoms with E-state index in [9.17, 15) is 19.0 Å². The zero-order valence-electron chi connectivity index (χ0n) is 46.1. The molecule has 10 heteroatoms. The zero-order valence-corrected chi connectivity index (χ0v) is 47.0. The highest BCUT2D eigenvalue weighted by atomic mass is 31.2. The van der Waals surface area contributed by atoms with Crippen molar-refractivity contribution in [3.63, 3.8) is 0 Å². The zero-order chi connectivity index (χ0) is 49.9. The molecule has 0 heterocycles. The van der Waals surface area contributed by atoms with E-state index in [0.29, 0.717) is 17.4 Å². The van der Waals surface area contributed by atoms with E-state index in [4.69, 9.17) is 18.5 Å². The standard InChI is InChI=1S/C58H116NO8P/c1-6-8-10-12-14-16-18-20-21-22-23-24-25-26-27-28-29-30-31-32-33-34-35-36-37-39-41-43-45-47-49-51-58(61)67-56(55-66-68(62,63)65-53-52-59(3,4)5)54-64-57(60)50-48-46-44-42-40-38-19-17-15-13-11-9-7-2/h56H,6-55H2,1-5H3/p+1. The van der Waals surface area contributed by atoms with Gasteiger partial charge in [-0.2, -0.15) is 0 Å². The van der Waals surface area contributed by atoms with Crippen molar-refractivity contribution in [3.8, 4) is 0 Å². The predicted octanol–water partition coefficient (Wildman–Crippen LogP) is 18.3. The maximum atomic E-state index is 12.8. The van der Waals surface area contributed by atoms with Crippen molar-refractivity contribution in [2.45, 2.75) is 315 Å². The molecule has 0 aromatic heterocycles. The maximum absolute atomic E-state index is 12.8. The van der Waals surface area contributed by atoms with Gasteiger partial charge in [-0.3, -0.25) is 18.6 Å². The van der Waals surface area contributed by atoms with Crippen LogP contribution in [-0.4, -0.2) is 74.9 Å². The number of unbranched alkanes of at least 4 members (excludes halogenated alkanes) is 42. The number of carbonyl (C=O) groups is 2. The molecule has 2 unspecified atom stereocenters. The third kappa shape index (κ3) is 54.3. The first kappa shape index (κ1) is 67.0. The summed E-state index contributed by atoms with van der Waals surface area (Å²) >= 11 is 0. The van der Waals surface area contributed by atoms with E-state index in [1.54, 1.807) is 0 Å². The van der Waals surface area contributed by atoms with E-state index in [0.717, 1.165) is 38.5 Å². The van der Waals surface area contributed by atoms with E-state index >= 15 is 0 Å². The Morgan fingerprint density at radius 3 is 0.941 bits per heavy atom. The molecule has 68 heavy (non-hydrogen) atoms. The van der Waals surface area contributed by atoms with Crippen LogP contribution in [0.4, 0.5) is 0 Å². The molecule has 0 fully saturated rings. The minimum Gasteiger partial charge on any atom is -0.462 e. The lowest BCUT2D eigenvalue weighted by Gasteiger charge is -2.24. The van der Waals surface area contributed by atoms with Crippen LogP contribution in [0.15, 0.2) is 0 Å². The van der Waals surface area contributed by atoms with E-state index < -0.39 is 26.5 Å². The summed E-state index contributed by atoms with van der Waals surface area (Å²) in [6.45, 7) is 4.49. The van der Waals surface area contributed by atoms with Gasteiger partial charge in [0.15, 0.2) is 6.10 Å². The van der Waals surface area contributed by atoms with Crippen molar-refractivity contribution in [2.24, 2.45) is 0 Å². The molecule has 406 valence electrons. The summed E-state index contributed by atoms with van der Waals surface area (Å²) in [6, 6.07) is 0. The van der Waals surface area contributed by atoms with Crippen LogP contribution in [0, 0.1) is 0 Å². The molecule has 0 aliphatic carbocycles. The Kier molecular flexibility index (Phi) is 50.2. The molecule has 0 radical (unpaired) electrons. The molecule has 9 nitrogen and oxygen atoms in total. The third-order valence-corrected chi connectivity index (χ3v) is 14.6. The largest absolute Gasteiger partial charge is 0.472 e. The summed E-state index contributed by atoms with van der Waals surface area (Å²) in [5.41, 5.74) is 0. The third-order valence-electron chi connectivity index (χ3n) is 13.6. The first-order valence-corrected chi connectivity index (χ1v) is 31.3. The van der Waals surface area contributed by atoms with Crippen LogP contribution in [0.3, 0.4) is 0 Å². The highest BCUT2D eigenvalue weighted by Crippen LogP contribution is 2.43. The lowest BCUT2D eigenvalue weighted by molar-refractivity contribution is -0.870. The van der Waals surface area contributed by atoms with Gasteiger partial charge in [0.25, 0.3) is 0 Å². The van der Waals surface area contributed by atoms with Crippen LogP contribution in [0.2, 0.25) is 0 Å². The molecule has 0 rings (SSSR count). The second kappa shape index (κ2) is 50.9. The van der Waals surface area contributed by atoms with Crippen molar-refractivity contribution in [1.29, 1.82) is 0 Å². The van der Waals surface area contributed by atoms with Gasteiger partial charge in [-0.15, -0.1) is 0 Å². The Morgan fingerprint density at radius 1 is 0.397 bits per heavy atom. The lowest BCUT2D eigenvalue weighted by atomic mass is 10.0. The van der Waals surface area contributed by atoms with Crippen molar-refractivity contribution in [3.05, 3.63) is 0 Å². The Morgan fingerprint density at radius 2 is 0.662 bits per heavy atom. The number of nitrogens with zero attached hydrogens (tertiary/aromatic N) is 1. The average Bonchev–Trinajstić information content (AvgIpc) is 3.30. The molecule has 0 bridgehead atoms. The van der Waals surface area contributed by atoms with Crippen LogP contribution in [0.25, 0.3) is 0 Å². The number of likely N-dealkylation sites (N-methyl/N-ethyl adjacent to an activating group) is 1. The van der Waals surface area contributed by atoms with E-state index in [2.05, 4.69) is 13.8 Å². The minimum absolute atomic E-state index is 0.0372. The molecule has 0 aliphatic heterocycles. The van der Waals surface area contributed by atoms with E-state index in [1.165, 1.54) is 244 Å². The number of carbonyl (C=O) groups excluding carboxylic acids is 2. The lowest BCUT2D eigenvalue weighted by Crippen LogP contribution is -2.37. The summed E-state index contributed by atoms with van der Waals surface area (Å²) in [5.74, 6) is -0.776. The number of quaternary nitrogens is 1. The SMILES string of the molecule is CCCCCCCCCCCCCCCCCCCCCCCCCCCCCCCCCC(=O)OC(COC(=O)CCCCCCCCCCCCCCC)COP(=O)(O)OCC[N+](C)(C)C. The number of ether oxygens (including phenoxy) is 2. The summed E-state index contributed by atoms with van der Waals surface area (Å²) in [5, 5.41) is 0. The molecule has 0 spiro atoms. The smallest absolute Gasteiger partial charge is 0.462 e. The topological polar surface area (TPSA) is 108 Å². The molecule has 0 saturated carbocycles. The van der Waals surface area contributed by atoms with Gasteiger partial charge in [-0.1, -0.05) is 284 Å². The fraction of sp³-hybridized carbons (Fsp3) is 0.966. The summed E-state index contributed by atoms with van der Waals surface area (Å²) in [7, 11) is 1.50. The Hall–Kier alpha value is -0.990. The summed E-state index contributed by atoms with van der Waals surface area (Å²) in [4.78, 5) is 35.6. The Balaban J connectivity index is 3.96. The second-order valence-electron chi connectivity index (χ2n) is 21.8. The molecule has 0 aliphatic rings. The number of phosphoric ester groups is 1. The monoisotopic (exact) mass is 987 g/mol. The quantitative estimate of drug-likeness (QED) is 0.0278. The van der Waals surface area contributed by atoms with Gasteiger partial charge in [0.05, 0.1) is 27.7 Å². The highest BCUT2D eigenvalue weighted by molar-refractivity contribution is 7.47. The van der Waals surface area contributed by atoms with Crippen LogP contribution in [0.1, 0.15) is 309 Å². The molecule has 0 aromatic carbocycles. The van der Waals surface area contributed by atoms with Crippen molar-refractivity contribution < 1.29 is 42.1 Å². The van der Waals surface area contributed by atoms with Crippen LogP contribution < -0.4 is 0 Å². The van der Waals surface area contributed by atoms with Crippen LogP contribution in [-0.2, 0) is 32.7 Å². The van der Waals surface area contributed by atoms with E-state index in [-0.39, 0.29) is 25.6 Å². The molecule has 1 N–H and O–H groups in total. The number of phosphoric acid groups is 1. The Labute approximate surface area is 423 Å².